The lowest BCUT2D eigenvalue weighted by Crippen LogP contribution is -2.45. The van der Waals surface area contributed by atoms with E-state index in [9.17, 15) is 13.2 Å². The molecule has 2 rings (SSSR count). The Hall–Kier alpha value is -2.13. The van der Waals surface area contributed by atoms with Crippen LogP contribution in [0.3, 0.4) is 0 Å². The summed E-state index contributed by atoms with van der Waals surface area (Å²) in [7, 11) is -3.86. The monoisotopic (exact) mass is 452 g/mol. The van der Waals surface area contributed by atoms with E-state index in [2.05, 4.69) is 30.7 Å². The summed E-state index contributed by atoms with van der Waals surface area (Å²) in [5.74, 6) is 0.806. The summed E-state index contributed by atoms with van der Waals surface area (Å²) in [6.45, 7) is 14.2. The average Bonchev–Trinajstić information content (AvgIpc) is 2.92. The fourth-order valence-corrected chi connectivity index (χ4v) is 4.46. The predicted molar refractivity (Wildman–Crippen MR) is 122 cm³/mol. The molecule has 1 fully saturated rings. The van der Waals surface area contributed by atoms with Crippen molar-refractivity contribution in [2.75, 3.05) is 11.9 Å². The smallest absolute Gasteiger partial charge is 0.410 e. The van der Waals surface area contributed by atoms with Crippen molar-refractivity contribution in [3.8, 4) is 0 Å². The number of carbonyl (C=O) groups excluding carboxylic acids is 1. The topological polar surface area (TPSA) is 115 Å². The zero-order valence-corrected chi connectivity index (χ0v) is 20.0. The van der Waals surface area contributed by atoms with Crippen molar-refractivity contribution in [2.24, 2.45) is 11.1 Å². The van der Waals surface area contributed by atoms with E-state index in [0.29, 0.717) is 24.7 Å². The number of primary sulfonamides is 1. The van der Waals surface area contributed by atoms with Crippen molar-refractivity contribution in [2.45, 2.75) is 82.5 Å². The zero-order chi connectivity index (χ0) is 23.4. The van der Waals surface area contributed by atoms with Crippen LogP contribution in [-0.2, 0) is 14.8 Å². The van der Waals surface area contributed by atoms with Gasteiger partial charge in [0.1, 0.15) is 11.4 Å². The number of nitrogens with two attached hydrogens (primary N) is 1. The number of hydrogen-bond acceptors (Lipinski definition) is 6. The van der Waals surface area contributed by atoms with Gasteiger partial charge in [0.05, 0.1) is 0 Å². The second-order valence-corrected chi connectivity index (χ2v) is 11.3. The SMILES string of the molecule is C=CCC(CCC1CN(C(=O)OC(C)(C)C)C(C)(C)C1)Nc1cccc(S(N)(=O)=O)n1. The van der Waals surface area contributed by atoms with Gasteiger partial charge in [-0.25, -0.2) is 23.3 Å². The van der Waals surface area contributed by atoms with E-state index in [0.717, 1.165) is 19.3 Å². The molecule has 8 nitrogen and oxygen atoms in total. The third kappa shape index (κ3) is 7.50. The molecule has 0 bridgehead atoms. The maximum Gasteiger partial charge on any atom is 0.410 e. The van der Waals surface area contributed by atoms with Crippen molar-refractivity contribution in [3.63, 3.8) is 0 Å². The fourth-order valence-electron chi connectivity index (χ4n) is 3.97. The van der Waals surface area contributed by atoms with Gasteiger partial charge in [-0.05, 0) is 78.4 Å². The number of aromatic nitrogens is 1. The van der Waals surface area contributed by atoms with Crippen LogP contribution in [0.15, 0.2) is 35.9 Å². The molecule has 1 amide bonds. The fraction of sp³-hybridized carbons (Fsp3) is 0.636. The summed E-state index contributed by atoms with van der Waals surface area (Å²) in [5.41, 5.74) is -0.789. The van der Waals surface area contributed by atoms with Crippen molar-refractivity contribution in [1.82, 2.24) is 9.88 Å². The van der Waals surface area contributed by atoms with Gasteiger partial charge in [-0.15, -0.1) is 6.58 Å². The van der Waals surface area contributed by atoms with Crippen LogP contribution in [-0.4, -0.2) is 48.1 Å². The molecular formula is C22H36N4O4S. The van der Waals surface area contributed by atoms with Crippen molar-refractivity contribution in [1.29, 1.82) is 0 Å². The quantitative estimate of drug-likeness (QED) is 0.578. The van der Waals surface area contributed by atoms with Gasteiger partial charge >= 0.3 is 6.09 Å². The number of pyridine rings is 1. The number of likely N-dealkylation sites (tertiary alicyclic amines) is 1. The summed E-state index contributed by atoms with van der Waals surface area (Å²) in [5, 5.41) is 8.31. The molecule has 2 heterocycles. The van der Waals surface area contributed by atoms with Gasteiger partial charge in [0, 0.05) is 18.1 Å². The second-order valence-electron chi connectivity index (χ2n) is 9.82. The zero-order valence-electron chi connectivity index (χ0n) is 19.2. The Morgan fingerprint density at radius 3 is 2.71 bits per heavy atom. The standard InChI is InChI=1S/C22H36N4O4S/c1-7-9-17(24-18-10-8-11-19(25-18)31(23,28)29)13-12-16-14-22(5,6)26(15-16)20(27)30-21(2,3)4/h7-8,10-11,16-17H,1,9,12-15H2,2-6H3,(H,24,25)(H2,23,28,29). The number of carbonyl (C=O) groups is 1. The Labute approximate surface area is 186 Å². The number of sulfonamides is 1. The van der Waals surface area contributed by atoms with Crippen LogP contribution < -0.4 is 10.5 Å². The highest BCUT2D eigenvalue weighted by Gasteiger charge is 2.42. The van der Waals surface area contributed by atoms with E-state index in [-0.39, 0.29) is 22.7 Å². The molecule has 3 N–H and O–H groups in total. The van der Waals surface area contributed by atoms with Gasteiger partial charge in [-0.1, -0.05) is 12.1 Å². The molecular weight excluding hydrogens is 416 g/mol. The van der Waals surface area contributed by atoms with Crippen LogP contribution in [0.5, 0.6) is 0 Å². The second kappa shape index (κ2) is 9.56. The lowest BCUT2D eigenvalue weighted by atomic mass is 9.91. The van der Waals surface area contributed by atoms with E-state index < -0.39 is 15.6 Å². The maximum atomic E-state index is 12.6. The summed E-state index contributed by atoms with van der Waals surface area (Å²) >= 11 is 0. The third-order valence-electron chi connectivity index (χ3n) is 5.32. The summed E-state index contributed by atoms with van der Waals surface area (Å²) < 4.78 is 28.7. The Bertz CT molecular complexity index is 893. The van der Waals surface area contributed by atoms with Crippen molar-refractivity contribution >= 4 is 21.9 Å². The van der Waals surface area contributed by atoms with E-state index in [1.54, 1.807) is 12.1 Å². The molecule has 31 heavy (non-hydrogen) atoms. The number of nitrogens with zero attached hydrogens (tertiary/aromatic N) is 2. The normalized spacial score (nSPS) is 19.7. The van der Waals surface area contributed by atoms with E-state index in [1.807, 2.05) is 31.7 Å². The molecule has 2 unspecified atom stereocenters. The minimum atomic E-state index is -3.86. The predicted octanol–water partition coefficient (Wildman–Crippen LogP) is 3.90. The summed E-state index contributed by atoms with van der Waals surface area (Å²) in [6.07, 6.45) is 4.88. The molecule has 0 aliphatic carbocycles. The highest BCUT2D eigenvalue weighted by molar-refractivity contribution is 7.89. The molecule has 0 spiro atoms. The molecule has 1 aromatic heterocycles. The maximum absolute atomic E-state index is 12.6. The molecule has 174 valence electrons. The largest absolute Gasteiger partial charge is 0.444 e. The van der Waals surface area contributed by atoms with E-state index in [4.69, 9.17) is 9.88 Å². The van der Waals surface area contributed by atoms with Crippen LogP contribution in [0.25, 0.3) is 0 Å². The Kier molecular flexibility index (Phi) is 7.75. The van der Waals surface area contributed by atoms with Crippen molar-refractivity contribution < 1.29 is 17.9 Å². The number of hydrogen-bond donors (Lipinski definition) is 2. The highest BCUT2D eigenvalue weighted by Crippen LogP contribution is 2.36. The highest BCUT2D eigenvalue weighted by atomic mass is 32.2. The summed E-state index contributed by atoms with van der Waals surface area (Å²) in [6, 6.07) is 4.74. The van der Waals surface area contributed by atoms with Crippen LogP contribution in [0.4, 0.5) is 10.6 Å². The summed E-state index contributed by atoms with van der Waals surface area (Å²) in [4.78, 5) is 18.6. The van der Waals surface area contributed by atoms with Gasteiger partial charge in [0.2, 0.25) is 0 Å². The molecule has 1 aliphatic heterocycles. The average molecular weight is 453 g/mol. The van der Waals surface area contributed by atoms with E-state index in [1.165, 1.54) is 6.07 Å². The molecule has 0 aromatic carbocycles. The first-order valence-corrected chi connectivity index (χ1v) is 12.1. The molecule has 1 aromatic rings. The number of nitrogens with one attached hydrogen (secondary N) is 1. The first kappa shape index (κ1) is 25.1. The first-order valence-electron chi connectivity index (χ1n) is 10.6. The van der Waals surface area contributed by atoms with Crippen LogP contribution in [0, 0.1) is 5.92 Å². The first-order chi connectivity index (χ1) is 14.2. The molecule has 2 atom stereocenters. The van der Waals surface area contributed by atoms with Crippen LogP contribution in [0.2, 0.25) is 0 Å². The van der Waals surface area contributed by atoms with Gasteiger partial charge in [0.25, 0.3) is 10.0 Å². The number of anilines is 1. The Morgan fingerprint density at radius 2 is 2.13 bits per heavy atom. The molecule has 1 saturated heterocycles. The van der Waals surface area contributed by atoms with Gasteiger partial charge in [-0.3, -0.25) is 0 Å². The Morgan fingerprint density at radius 1 is 1.45 bits per heavy atom. The van der Waals surface area contributed by atoms with Crippen LogP contribution in [0.1, 0.15) is 60.3 Å². The van der Waals surface area contributed by atoms with Gasteiger partial charge < -0.3 is 15.0 Å². The van der Waals surface area contributed by atoms with Crippen LogP contribution >= 0.6 is 0 Å². The number of amides is 1. The number of rotatable bonds is 8. The molecule has 0 saturated carbocycles. The lowest BCUT2D eigenvalue weighted by Gasteiger charge is -2.33. The van der Waals surface area contributed by atoms with Crippen molar-refractivity contribution in [3.05, 3.63) is 30.9 Å². The number of ether oxygens (including phenoxy) is 1. The minimum absolute atomic E-state index is 0.0411. The van der Waals surface area contributed by atoms with Gasteiger partial charge in [0.15, 0.2) is 5.03 Å². The van der Waals surface area contributed by atoms with E-state index >= 15 is 0 Å². The Balaban J connectivity index is 2.01. The molecule has 1 aliphatic rings. The lowest BCUT2D eigenvalue weighted by molar-refractivity contribution is 0.0131. The van der Waals surface area contributed by atoms with Gasteiger partial charge in [-0.2, -0.15) is 0 Å². The molecule has 0 radical (unpaired) electrons. The third-order valence-corrected chi connectivity index (χ3v) is 6.13. The minimum Gasteiger partial charge on any atom is -0.444 e. The molecule has 9 heteroatoms.